The maximum atomic E-state index is 12.9. The maximum absolute atomic E-state index is 12.9. The van der Waals surface area contributed by atoms with Crippen molar-refractivity contribution in [3.05, 3.63) is 63.9 Å². The van der Waals surface area contributed by atoms with E-state index in [0.29, 0.717) is 34.5 Å². The van der Waals surface area contributed by atoms with E-state index in [1.807, 2.05) is 0 Å². The number of rotatable bonds is 7. The summed E-state index contributed by atoms with van der Waals surface area (Å²) in [7, 11) is 0. The highest BCUT2D eigenvalue weighted by Gasteiger charge is 2.05. The number of benzene rings is 2. The summed E-state index contributed by atoms with van der Waals surface area (Å²) in [4.78, 5) is 11.8. The molecule has 0 aliphatic heterocycles. The van der Waals surface area contributed by atoms with E-state index in [-0.39, 0.29) is 18.1 Å². The van der Waals surface area contributed by atoms with Crippen LogP contribution in [0.1, 0.15) is 25.3 Å². The first-order chi connectivity index (χ1) is 12.0. The monoisotopic (exact) mass is 382 g/mol. The van der Waals surface area contributed by atoms with Gasteiger partial charge >= 0.3 is 0 Å². The van der Waals surface area contributed by atoms with Crippen molar-refractivity contribution in [2.45, 2.75) is 19.8 Å². The molecule has 0 bridgehead atoms. The molecule has 132 valence electrons. The zero-order valence-corrected chi connectivity index (χ0v) is 15.1. The van der Waals surface area contributed by atoms with Crippen molar-refractivity contribution in [1.82, 2.24) is 5.43 Å². The van der Waals surface area contributed by atoms with Crippen molar-refractivity contribution < 1.29 is 13.9 Å². The molecule has 0 fully saturated rings. The molecule has 0 aliphatic carbocycles. The van der Waals surface area contributed by atoms with E-state index in [9.17, 15) is 9.18 Å². The van der Waals surface area contributed by atoms with Crippen molar-refractivity contribution in [3.63, 3.8) is 0 Å². The van der Waals surface area contributed by atoms with Crippen LogP contribution in [-0.4, -0.2) is 18.2 Å². The first-order valence-electron chi connectivity index (χ1n) is 7.62. The Kier molecular flexibility index (Phi) is 7.22. The van der Waals surface area contributed by atoms with E-state index in [4.69, 9.17) is 27.9 Å². The summed E-state index contributed by atoms with van der Waals surface area (Å²) in [5, 5.41) is 4.96. The fraction of sp³-hybridized carbons (Fsp3) is 0.222. The predicted molar refractivity (Wildman–Crippen MR) is 97.9 cm³/mol. The number of hydrazone groups is 1. The molecule has 7 heteroatoms. The van der Waals surface area contributed by atoms with Crippen molar-refractivity contribution in [2.24, 2.45) is 5.10 Å². The van der Waals surface area contributed by atoms with E-state index < -0.39 is 0 Å². The van der Waals surface area contributed by atoms with Gasteiger partial charge in [0, 0.05) is 11.4 Å². The summed E-state index contributed by atoms with van der Waals surface area (Å²) in [6.07, 6.45) is 0.765. The van der Waals surface area contributed by atoms with Gasteiger partial charge in [0.1, 0.15) is 11.6 Å². The molecule has 0 saturated carbocycles. The summed E-state index contributed by atoms with van der Waals surface area (Å²) in [5.74, 6) is -0.0229. The molecule has 0 aromatic heterocycles. The van der Waals surface area contributed by atoms with Crippen LogP contribution < -0.4 is 10.2 Å². The standard InChI is InChI=1S/C18H17Cl2FN2O2/c1-12(13-4-7-15(21)8-5-13)22-23-18(24)3-2-10-25-17-9-6-14(19)11-16(17)20/h4-9,11H,2-3,10H2,1H3,(H,23,24)/b22-12+. The molecule has 0 aliphatic rings. The summed E-state index contributed by atoms with van der Waals surface area (Å²) in [6, 6.07) is 10.8. The number of ether oxygens (including phenoxy) is 1. The van der Waals surface area contributed by atoms with E-state index in [2.05, 4.69) is 10.5 Å². The third-order valence-corrected chi connectivity index (χ3v) is 3.84. The molecule has 1 N–H and O–H groups in total. The summed E-state index contributed by atoms with van der Waals surface area (Å²) in [6.45, 7) is 2.08. The highest BCUT2D eigenvalue weighted by Crippen LogP contribution is 2.27. The molecular weight excluding hydrogens is 366 g/mol. The molecule has 2 aromatic rings. The lowest BCUT2D eigenvalue weighted by Crippen LogP contribution is -2.19. The molecule has 0 unspecified atom stereocenters. The zero-order chi connectivity index (χ0) is 18.2. The molecule has 1 amide bonds. The Morgan fingerprint density at radius 1 is 1.20 bits per heavy atom. The van der Waals surface area contributed by atoms with Crippen LogP contribution in [-0.2, 0) is 4.79 Å². The summed E-state index contributed by atoms with van der Waals surface area (Å²) in [5.41, 5.74) is 3.80. The Morgan fingerprint density at radius 2 is 1.92 bits per heavy atom. The van der Waals surface area contributed by atoms with Crippen molar-refractivity contribution in [1.29, 1.82) is 0 Å². The number of nitrogens with one attached hydrogen (secondary N) is 1. The number of carbonyl (C=O) groups excluding carboxylic acids is 1. The van der Waals surface area contributed by atoms with E-state index >= 15 is 0 Å². The predicted octanol–water partition coefficient (Wildman–Crippen LogP) is 4.83. The van der Waals surface area contributed by atoms with Crippen LogP contribution in [0, 0.1) is 5.82 Å². The molecule has 4 nitrogen and oxygen atoms in total. The molecule has 0 heterocycles. The number of halogens is 3. The smallest absolute Gasteiger partial charge is 0.240 e. The van der Waals surface area contributed by atoms with Gasteiger partial charge in [0.25, 0.3) is 0 Å². The van der Waals surface area contributed by atoms with Crippen molar-refractivity contribution >= 4 is 34.8 Å². The second-order valence-electron chi connectivity index (χ2n) is 5.27. The second kappa shape index (κ2) is 9.39. The van der Waals surface area contributed by atoms with Gasteiger partial charge in [0.05, 0.1) is 17.3 Å². The van der Waals surface area contributed by atoms with Crippen LogP contribution in [0.4, 0.5) is 4.39 Å². The van der Waals surface area contributed by atoms with Crippen LogP contribution >= 0.6 is 23.2 Å². The number of hydrogen-bond acceptors (Lipinski definition) is 3. The summed E-state index contributed by atoms with van der Waals surface area (Å²) < 4.78 is 18.4. The quantitative estimate of drug-likeness (QED) is 0.423. The maximum Gasteiger partial charge on any atom is 0.240 e. The van der Waals surface area contributed by atoms with Gasteiger partial charge in [-0.05, 0) is 49.2 Å². The van der Waals surface area contributed by atoms with Gasteiger partial charge in [-0.1, -0.05) is 35.3 Å². The lowest BCUT2D eigenvalue weighted by Gasteiger charge is -2.08. The topological polar surface area (TPSA) is 50.7 Å². The third kappa shape index (κ3) is 6.36. The minimum absolute atomic E-state index is 0.229. The zero-order valence-electron chi connectivity index (χ0n) is 13.6. The molecule has 2 rings (SSSR count). The van der Waals surface area contributed by atoms with E-state index in [0.717, 1.165) is 5.56 Å². The minimum Gasteiger partial charge on any atom is -0.492 e. The van der Waals surface area contributed by atoms with Crippen LogP contribution in [0.25, 0.3) is 0 Å². The van der Waals surface area contributed by atoms with Crippen LogP contribution in [0.3, 0.4) is 0 Å². The fourth-order valence-corrected chi connectivity index (χ4v) is 2.43. The SMILES string of the molecule is C/C(=N\NC(=O)CCCOc1ccc(Cl)cc1Cl)c1ccc(F)cc1. The Bertz CT molecular complexity index is 764. The fourth-order valence-electron chi connectivity index (χ4n) is 1.96. The van der Waals surface area contributed by atoms with E-state index in [1.54, 1.807) is 37.3 Å². The lowest BCUT2D eigenvalue weighted by molar-refractivity contribution is -0.121. The number of nitrogens with zero attached hydrogens (tertiary/aromatic N) is 1. The highest BCUT2D eigenvalue weighted by atomic mass is 35.5. The van der Waals surface area contributed by atoms with Gasteiger partial charge in [-0.15, -0.1) is 0 Å². The van der Waals surface area contributed by atoms with E-state index in [1.165, 1.54) is 12.1 Å². The summed E-state index contributed by atoms with van der Waals surface area (Å²) >= 11 is 11.8. The molecule has 25 heavy (non-hydrogen) atoms. The molecule has 0 spiro atoms. The first kappa shape index (κ1) is 19.2. The van der Waals surface area contributed by atoms with Crippen LogP contribution in [0.5, 0.6) is 5.75 Å². The van der Waals surface area contributed by atoms with Gasteiger partial charge in [0.15, 0.2) is 0 Å². The first-order valence-corrected chi connectivity index (χ1v) is 8.38. The second-order valence-corrected chi connectivity index (χ2v) is 6.11. The van der Waals surface area contributed by atoms with Gasteiger partial charge < -0.3 is 4.74 Å². The highest BCUT2D eigenvalue weighted by molar-refractivity contribution is 6.35. The number of amides is 1. The molecule has 0 saturated heterocycles. The average molecular weight is 383 g/mol. The molecular formula is C18H17Cl2FN2O2. The average Bonchev–Trinajstić information content (AvgIpc) is 2.58. The van der Waals surface area contributed by atoms with Gasteiger partial charge in [-0.2, -0.15) is 5.10 Å². The third-order valence-electron chi connectivity index (χ3n) is 3.31. The number of carbonyl (C=O) groups is 1. The lowest BCUT2D eigenvalue weighted by atomic mass is 10.1. The minimum atomic E-state index is -0.318. The molecule has 0 radical (unpaired) electrons. The molecule has 2 aromatic carbocycles. The van der Waals surface area contributed by atoms with Gasteiger partial charge in [0.2, 0.25) is 5.91 Å². The van der Waals surface area contributed by atoms with Gasteiger partial charge in [-0.3, -0.25) is 4.79 Å². The largest absolute Gasteiger partial charge is 0.492 e. The van der Waals surface area contributed by atoms with Gasteiger partial charge in [-0.25, -0.2) is 9.82 Å². The van der Waals surface area contributed by atoms with Crippen LogP contribution in [0.2, 0.25) is 10.0 Å². The Morgan fingerprint density at radius 3 is 2.60 bits per heavy atom. The van der Waals surface area contributed by atoms with Crippen molar-refractivity contribution in [3.8, 4) is 5.75 Å². The van der Waals surface area contributed by atoms with Crippen LogP contribution in [0.15, 0.2) is 47.6 Å². The normalized spacial score (nSPS) is 11.3. The molecule has 0 atom stereocenters. The Hall–Kier alpha value is -2.11. The van der Waals surface area contributed by atoms with Crippen molar-refractivity contribution in [2.75, 3.05) is 6.61 Å². The Balaban J connectivity index is 1.73. The Labute approximate surface area is 155 Å². The number of hydrogen-bond donors (Lipinski definition) is 1.